The maximum absolute atomic E-state index is 11.0. The third-order valence-electron chi connectivity index (χ3n) is 2.88. The maximum Gasteiger partial charge on any atom is 0.277 e. The van der Waals surface area contributed by atoms with Crippen molar-refractivity contribution in [1.29, 1.82) is 0 Å². The lowest BCUT2D eigenvalue weighted by Gasteiger charge is -2.10. The van der Waals surface area contributed by atoms with Gasteiger partial charge in [0.1, 0.15) is 18.1 Å². The van der Waals surface area contributed by atoms with E-state index < -0.39 is 4.92 Å². The lowest BCUT2D eigenvalue weighted by atomic mass is 10.2. The molecule has 0 aliphatic heterocycles. The number of nitrogens with zero attached hydrogens (tertiary/aromatic N) is 1. The molecule has 0 aromatic heterocycles. The van der Waals surface area contributed by atoms with Gasteiger partial charge < -0.3 is 9.84 Å². The minimum atomic E-state index is -0.446. The van der Waals surface area contributed by atoms with Gasteiger partial charge in [0.15, 0.2) is 0 Å². The van der Waals surface area contributed by atoms with Gasteiger partial charge in [-0.2, -0.15) is 0 Å². The van der Waals surface area contributed by atoms with Crippen LogP contribution in [0.25, 0.3) is 0 Å². The Morgan fingerprint density at radius 2 is 2.10 bits per heavy atom. The van der Waals surface area contributed by atoms with E-state index in [-0.39, 0.29) is 18.0 Å². The summed E-state index contributed by atoms with van der Waals surface area (Å²) in [5.41, 5.74) is 1.07. The molecule has 104 valence electrons. The van der Waals surface area contributed by atoms with Crippen LogP contribution in [0, 0.1) is 17.0 Å². The van der Waals surface area contributed by atoms with Gasteiger partial charge in [0.25, 0.3) is 5.69 Å². The van der Waals surface area contributed by atoms with Gasteiger partial charge in [-0.15, -0.1) is 0 Å². The van der Waals surface area contributed by atoms with E-state index in [1.807, 2.05) is 0 Å². The van der Waals surface area contributed by atoms with Crippen molar-refractivity contribution in [1.82, 2.24) is 0 Å². The Bertz CT molecular complexity index is 658. The second-order valence-corrected chi connectivity index (χ2v) is 5.13. The molecular formula is C14H12BrNO4. The molecule has 0 radical (unpaired) electrons. The number of hydrogen-bond acceptors (Lipinski definition) is 4. The van der Waals surface area contributed by atoms with Gasteiger partial charge in [-0.25, -0.2) is 0 Å². The normalized spacial score (nSPS) is 10.3. The number of nitro benzene ring substituents is 1. The molecule has 0 spiro atoms. The molecule has 0 heterocycles. The molecular weight excluding hydrogens is 326 g/mol. The van der Waals surface area contributed by atoms with Gasteiger partial charge in [0, 0.05) is 16.1 Å². The van der Waals surface area contributed by atoms with E-state index in [0.717, 1.165) is 0 Å². The molecule has 20 heavy (non-hydrogen) atoms. The van der Waals surface area contributed by atoms with Gasteiger partial charge in [0.05, 0.1) is 10.5 Å². The Morgan fingerprint density at radius 1 is 1.35 bits per heavy atom. The summed E-state index contributed by atoms with van der Waals surface area (Å²) in [5, 5.41) is 20.6. The molecule has 2 rings (SSSR count). The van der Waals surface area contributed by atoms with Crippen LogP contribution >= 0.6 is 15.9 Å². The van der Waals surface area contributed by atoms with Crippen LogP contribution in [0.3, 0.4) is 0 Å². The maximum atomic E-state index is 11.0. The van der Waals surface area contributed by atoms with E-state index >= 15 is 0 Å². The van der Waals surface area contributed by atoms with Crippen LogP contribution in [0.1, 0.15) is 11.1 Å². The third-order valence-corrected chi connectivity index (χ3v) is 3.38. The Labute approximate surface area is 124 Å². The van der Waals surface area contributed by atoms with Crippen molar-refractivity contribution in [2.75, 3.05) is 0 Å². The number of benzene rings is 2. The number of halogens is 1. The van der Waals surface area contributed by atoms with E-state index in [9.17, 15) is 15.2 Å². The van der Waals surface area contributed by atoms with Crippen molar-refractivity contribution < 1.29 is 14.8 Å². The molecule has 6 heteroatoms. The Balaban J connectivity index is 2.23. The van der Waals surface area contributed by atoms with E-state index in [1.54, 1.807) is 37.3 Å². The number of aromatic hydroxyl groups is 1. The number of nitro groups is 1. The van der Waals surface area contributed by atoms with Crippen LogP contribution in [0.15, 0.2) is 40.9 Å². The van der Waals surface area contributed by atoms with Crippen LogP contribution in [-0.2, 0) is 6.61 Å². The van der Waals surface area contributed by atoms with Crippen LogP contribution in [0.2, 0.25) is 0 Å². The van der Waals surface area contributed by atoms with Crippen molar-refractivity contribution in [2.24, 2.45) is 0 Å². The van der Waals surface area contributed by atoms with Crippen LogP contribution < -0.4 is 4.74 Å². The van der Waals surface area contributed by atoms with Gasteiger partial charge >= 0.3 is 0 Å². The summed E-state index contributed by atoms with van der Waals surface area (Å²) >= 11 is 3.20. The zero-order valence-electron chi connectivity index (χ0n) is 10.7. The number of phenols is 1. The summed E-state index contributed by atoms with van der Waals surface area (Å²) in [6, 6.07) is 9.73. The number of phenolic OH excluding ortho intramolecular Hbond substituents is 1. The second-order valence-electron chi connectivity index (χ2n) is 4.22. The van der Waals surface area contributed by atoms with Crippen molar-refractivity contribution in [3.63, 3.8) is 0 Å². The highest BCUT2D eigenvalue weighted by Crippen LogP contribution is 2.29. The zero-order valence-corrected chi connectivity index (χ0v) is 12.3. The third kappa shape index (κ3) is 3.08. The van der Waals surface area contributed by atoms with Gasteiger partial charge in [-0.05, 0) is 31.2 Å². The Morgan fingerprint density at radius 3 is 2.80 bits per heavy atom. The molecule has 0 fully saturated rings. The Hall–Kier alpha value is -2.08. The van der Waals surface area contributed by atoms with Crippen molar-refractivity contribution >= 4 is 21.6 Å². The molecule has 0 bridgehead atoms. The molecule has 2 aromatic carbocycles. The fraction of sp³-hybridized carbons (Fsp3) is 0.143. The number of rotatable bonds is 4. The fourth-order valence-corrected chi connectivity index (χ4v) is 2.09. The van der Waals surface area contributed by atoms with E-state index in [1.165, 1.54) is 6.07 Å². The highest BCUT2D eigenvalue weighted by atomic mass is 79.9. The predicted octanol–water partition coefficient (Wildman–Crippen LogP) is 3.95. The average molecular weight is 338 g/mol. The van der Waals surface area contributed by atoms with E-state index in [2.05, 4.69) is 15.9 Å². The molecule has 2 aromatic rings. The summed E-state index contributed by atoms with van der Waals surface area (Å²) in [6.45, 7) is 1.79. The molecule has 0 unspecified atom stereocenters. The molecule has 0 aliphatic rings. The molecule has 0 saturated carbocycles. The molecule has 0 amide bonds. The van der Waals surface area contributed by atoms with Gasteiger partial charge in [-0.3, -0.25) is 10.1 Å². The first kappa shape index (κ1) is 14.3. The highest BCUT2D eigenvalue weighted by Gasteiger charge is 2.15. The first-order valence-electron chi connectivity index (χ1n) is 5.83. The minimum absolute atomic E-state index is 0.00261. The molecule has 0 aliphatic carbocycles. The zero-order chi connectivity index (χ0) is 14.7. The number of ether oxygens (including phenoxy) is 1. The molecule has 1 N–H and O–H groups in total. The summed E-state index contributed by atoms with van der Waals surface area (Å²) in [4.78, 5) is 10.5. The first-order valence-corrected chi connectivity index (χ1v) is 6.62. The van der Waals surface area contributed by atoms with Crippen molar-refractivity contribution in [3.05, 3.63) is 62.1 Å². The standard InChI is InChI=1S/C14H12BrNO4/c1-9-13(17)3-2-4-14(9)20-8-10-5-6-11(15)7-12(10)16(18)19/h2-7,17H,8H2,1H3. The second kappa shape index (κ2) is 5.92. The van der Waals surface area contributed by atoms with Crippen LogP contribution in [0.5, 0.6) is 11.5 Å². The summed E-state index contributed by atoms with van der Waals surface area (Å²) in [7, 11) is 0. The van der Waals surface area contributed by atoms with Crippen LogP contribution in [0.4, 0.5) is 5.69 Å². The topological polar surface area (TPSA) is 72.6 Å². The van der Waals surface area contributed by atoms with Gasteiger partial charge in [0.2, 0.25) is 0 Å². The fourth-order valence-electron chi connectivity index (χ4n) is 1.74. The van der Waals surface area contributed by atoms with Crippen LogP contribution in [-0.4, -0.2) is 10.0 Å². The summed E-state index contributed by atoms with van der Waals surface area (Å²) in [6.07, 6.45) is 0. The first-order chi connectivity index (χ1) is 9.49. The SMILES string of the molecule is Cc1c(O)cccc1OCc1ccc(Br)cc1[N+](=O)[O-]. The molecule has 0 saturated heterocycles. The van der Waals surface area contributed by atoms with Gasteiger partial charge in [-0.1, -0.05) is 22.0 Å². The predicted molar refractivity (Wildman–Crippen MR) is 78.0 cm³/mol. The smallest absolute Gasteiger partial charge is 0.277 e. The summed E-state index contributed by atoms with van der Waals surface area (Å²) < 4.78 is 6.19. The largest absolute Gasteiger partial charge is 0.508 e. The molecule has 5 nitrogen and oxygen atoms in total. The van der Waals surface area contributed by atoms with E-state index in [0.29, 0.717) is 21.3 Å². The summed E-state index contributed by atoms with van der Waals surface area (Å²) in [5.74, 6) is 0.634. The molecule has 0 atom stereocenters. The van der Waals surface area contributed by atoms with Crippen molar-refractivity contribution in [3.8, 4) is 11.5 Å². The quantitative estimate of drug-likeness (QED) is 0.677. The highest BCUT2D eigenvalue weighted by molar-refractivity contribution is 9.10. The lowest BCUT2D eigenvalue weighted by molar-refractivity contribution is -0.385. The van der Waals surface area contributed by atoms with E-state index in [4.69, 9.17) is 4.74 Å². The average Bonchev–Trinajstić information content (AvgIpc) is 2.41. The van der Waals surface area contributed by atoms with Crippen molar-refractivity contribution in [2.45, 2.75) is 13.5 Å². The monoisotopic (exact) mass is 337 g/mol. The minimum Gasteiger partial charge on any atom is -0.508 e. The number of hydrogen-bond donors (Lipinski definition) is 1. The lowest BCUT2D eigenvalue weighted by Crippen LogP contribution is -2.01. The Kier molecular flexibility index (Phi) is 4.24.